The van der Waals surface area contributed by atoms with Crippen molar-refractivity contribution in [1.82, 2.24) is 6.15 Å². The molecule has 1 rings (SSSR count). The van der Waals surface area contributed by atoms with Crippen molar-refractivity contribution in [2.75, 3.05) is 5.73 Å². The smallest absolute Gasteiger partial charge is 0.0373 e. The van der Waals surface area contributed by atoms with Gasteiger partial charge in [0.15, 0.2) is 0 Å². The van der Waals surface area contributed by atoms with Gasteiger partial charge in [-0.15, -0.1) is 0 Å². The fourth-order valence-corrected chi connectivity index (χ4v) is 1.19. The Labute approximate surface area is 68.0 Å². The molecule has 0 bridgehead atoms. The minimum Gasteiger partial charge on any atom is -0.398 e. The number of aryl methyl sites for hydroxylation is 3. The molecule has 0 unspecified atom stereocenters. The van der Waals surface area contributed by atoms with E-state index in [9.17, 15) is 0 Å². The molecule has 0 amide bonds. The standard InChI is InChI=1S/C9H13N.H3N/c1-6-4-7(2)9(10)8(3)5-6;/h4-5H,10H2,1-3H3;1H3. The van der Waals surface area contributed by atoms with E-state index >= 15 is 0 Å². The fraction of sp³-hybridized carbons (Fsp3) is 0.333. The van der Waals surface area contributed by atoms with E-state index in [4.69, 9.17) is 5.73 Å². The zero-order valence-corrected chi connectivity index (χ0v) is 7.44. The molecule has 0 heterocycles. The van der Waals surface area contributed by atoms with Crippen molar-refractivity contribution in [2.45, 2.75) is 20.8 Å². The van der Waals surface area contributed by atoms with Crippen molar-refractivity contribution in [3.63, 3.8) is 0 Å². The highest BCUT2D eigenvalue weighted by Gasteiger charge is 1.96. The molecule has 1 aromatic rings. The van der Waals surface area contributed by atoms with Crippen LogP contribution in [0.4, 0.5) is 5.69 Å². The van der Waals surface area contributed by atoms with E-state index in [0.29, 0.717) is 0 Å². The summed E-state index contributed by atoms with van der Waals surface area (Å²) in [6.07, 6.45) is 0. The van der Waals surface area contributed by atoms with Crippen LogP contribution in [0.2, 0.25) is 0 Å². The number of nitrogens with two attached hydrogens (primary N) is 1. The molecule has 5 N–H and O–H groups in total. The van der Waals surface area contributed by atoms with Gasteiger partial charge in [0.2, 0.25) is 0 Å². The van der Waals surface area contributed by atoms with E-state index in [2.05, 4.69) is 19.1 Å². The fourth-order valence-electron chi connectivity index (χ4n) is 1.19. The van der Waals surface area contributed by atoms with Gasteiger partial charge in [0.25, 0.3) is 0 Å². The number of anilines is 1. The lowest BCUT2D eigenvalue weighted by atomic mass is 10.1. The minimum atomic E-state index is 0. The van der Waals surface area contributed by atoms with E-state index < -0.39 is 0 Å². The van der Waals surface area contributed by atoms with Crippen LogP contribution >= 0.6 is 0 Å². The minimum absolute atomic E-state index is 0. The maximum absolute atomic E-state index is 5.75. The first kappa shape index (κ1) is 9.98. The summed E-state index contributed by atoms with van der Waals surface area (Å²) in [7, 11) is 0. The van der Waals surface area contributed by atoms with Crippen LogP contribution in [0.25, 0.3) is 0 Å². The second-order valence-corrected chi connectivity index (χ2v) is 2.81. The van der Waals surface area contributed by atoms with Gasteiger partial charge in [0.1, 0.15) is 0 Å². The summed E-state index contributed by atoms with van der Waals surface area (Å²) in [6, 6.07) is 4.20. The first-order chi connectivity index (χ1) is 4.61. The number of rotatable bonds is 0. The Hall–Kier alpha value is -1.02. The molecule has 0 saturated heterocycles. The largest absolute Gasteiger partial charge is 0.398 e. The Balaban J connectivity index is 0.000001000. The highest BCUT2D eigenvalue weighted by molar-refractivity contribution is 5.54. The highest BCUT2D eigenvalue weighted by Crippen LogP contribution is 2.17. The van der Waals surface area contributed by atoms with Crippen LogP contribution in [0.15, 0.2) is 12.1 Å². The normalized spacial score (nSPS) is 9.00. The Bertz CT molecular complexity index is 231. The average Bonchev–Trinajstić information content (AvgIpc) is 1.82. The number of benzene rings is 1. The highest BCUT2D eigenvalue weighted by atomic mass is 14.6. The molecule has 0 aliphatic rings. The summed E-state index contributed by atoms with van der Waals surface area (Å²) in [5, 5.41) is 0. The van der Waals surface area contributed by atoms with Gasteiger partial charge in [-0.05, 0) is 31.9 Å². The molecule has 0 atom stereocenters. The SMILES string of the molecule is Cc1cc(C)c(N)c(C)c1.N. The molecule has 0 aliphatic heterocycles. The lowest BCUT2D eigenvalue weighted by Crippen LogP contribution is -1.93. The van der Waals surface area contributed by atoms with Gasteiger partial charge in [-0.2, -0.15) is 0 Å². The van der Waals surface area contributed by atoms with E-state index in [1.807, 2.05) is 13.8 Å². The molecule has 0 radical (unpaired) electrons. The van der Waals surface area contributed by atoms with Gasteiger partial charge in [-0.25, -0.2) is 0 Å². The van der Waals surface area contributed by atoms with Crippen molar-refractivity contribution in [2.24, 2.45) is 0 Å². The van der Waals surface area contributed by atoms with Crippen molar-refractivity contribution in [3.05, 3.63) is 28.8 Å². The van der Waals surface area contributed by atoms with Gasteiger partial charge < -0.3 is 11.9 Å². The first-order valence-electron chi connectivity index (χ1n) is 3.44. The number of hydrogen-bond donors (Lipinski definition) is 2. The zero-order chi connectivity index (χ0) is 7.72. The molecule has 11 heavy (non-hydrogen) atoms. The monoisotopic (exact) mass is 152 g/mol. The Kier molecular flexibility index (Phi) is 3.08. The Morgan fingerprint density at radius 2 is 1.36 bits per heavy atom. The molecule has 0 aromatic heterocycles. The Morgan fingerprint density at radius 3 is 1.73 bits per heavy atom. The summed E-state index contributed by atoms with van der Waals surface area (Å²) in [5.74, 6) is 0. The summed E-state index contributed by atoms with van der Waals surface area (Å²) < 4.78 is 0. The topological polar surface area (TPSA) is 61.0 Å². The molecule has 2 heteroatoms. The predicted octanol–water partition coefficient (Wildman–Crippen LogP) is 2.36. The lowest BCUT2D eigenvalue weighted by molar-refractivity contribution is 1.33. The third-order valence-corrected chi connectivity index (χ3v) is 1.74. The van der Waals surface area contributed by atoms with E-state index in [1.54, 1.807) is 0 Å². The third kappa shape index (κ3) is 1.95. The molecule has 0 aliphatic carbocycles. The molecule has 0 saturated carbocycles. The Morgan fingerprint density at radius 1 is 1.00 bits per heavy atom. The molecule has 62 valence electrons. The van der Waals surface area contributed by atoms with Crippen LogP contribution in [0.3, 0.4) is 0 Å². The van der Waals surface area contributed by atoms with Crippen molar-refractivity contribution in [3.8, 4) is 0 Å². The van der Waals surface area contributed by atoms with Crippen LogP contribution in [0.5, 0.6) is 0 Å². The predicted molar refractivity (Wildman–Crippen MR) is 50.1 cm³/mol. The van der Waals surface area contributed by atoms with E-state index in [0.717, 1.165) is 5.69 Å². The summed E-state index contributed by atoms with van der Waals surface area (Å²) in [6.45, 7) is 6.16. The van der Waals surface area contributed by atoms with Crippen molar-refractivity contribution >= 4 is 5.69 Å². The first-order valence-corrected chi connectivity index (χ1v) is 3.44. The maximum atomic E-state index is 5.75. The lowest BCUT2D eigenvalue weighted by Gasteiger charge is -2.04. The van der Waals surface area contributed by atoms with Crippen LogP contribution in [-0.2, 0) is 0 Å². The number of nitrogen functional groups attached to an aromatic ring is 1. The van der Waals surface area contributed by atoms with E-state index in [-0.39, 0.29) is 6.15 Å². The van der Waals surface area contributed by atoms with Crippen LogP contribution in [0, 0.1) is 20.8 Å². The van der Waals surface area contributed by atoms with Gasteiger partial charge >= 0.3 is 0 Å². The van der Waals surface area contributed by atoms with Crippen molar-refractivity contribution in [1.29, 1.82) is 0 Å². The second kappa shape index (κ2) is 3.39. The van der Waals surface area contributed by atoms with Crippen LogP contribution in [0.1, 0.15) is 16.7 Å². The van der Waals surface area contributed by atoms with Gasteiger partial charge in [-0.3, -0.25) is 0 Å². The molecular formula is C9H16N2. The molecule has 2 nitrogen and oxygen atoms in total. The number of hydrogen-bond acceptors (Lipinski definition) is 2. The molecule has 0 spiro atoms. The maximum Gasteiger partial charge on any atom is 0.0373 e. The van der Waals surface area contributed by atoms with Gasteiger partial charge in [0.05, 0.1) is 0 Å². The van der Waals surface area contributed by atoms with E-state index in [1.165, 1.54) is 16.7 Å². The summed E-state index contributed by atoms with van der Waals surface area (Å²) in [5.41, 5.74) is 10.3. The average molecular weight is 152 g/mol. The third-order valence-electron chi connectivity index (χ3n) is 1.74. The van der Waals surface area contributed by atoms with Gasteiger partial charge in [0, 0.05) is 5.69 Å². The molecule has 1 aromatic carbocycles. The van der Waals surface area contributed by atoms with Gasteiger partial charge in [-0.1, -0.05) is 17.7 Å². The quantitative estimate of drug-likeness (QED) is 0.560. The van der Waals surface area contributed by atoms with Crippen LogP contribution < -0.4 is 11.9 Å². The summed E-state index contributed by atoms with van der Waals surface area (Å²) in [4.78, 5) is 0. The molecule has 0 fully saturated rings. The zero-order valence-electron chi connectivity index (χ0n) is 7.44. The van der Waals surface area contributed by atoms with Crippen LogP contribution in [-0.4, -0.2) is 0 Å². The summed E-state index contributed by atoms with van der Waals surface area (Å²) >= 11 is 0. The second-order valence-electron chi connectivity index (χ2n) is 2.81. The molecular weight excluding hydrogens is 136 g/mol. The van der Waals surface area contributed by atoms with Crippen molar-refractivity contribution < 1.29 is 0 Å².